The topological polar surface area (TPSA) is 42.4 Å². The average molecular weight is 364 g/mol. The summed E-state index contributed by atoms with van der Waals surface area (Å²) < 4.78 is 29.8. The number of nitrogens with zero attached hydrogens (tertiary/aromatic N) is 2. The van der Waals surface area contributed by atoms with Crippen LogP contribution in [0.25, 0.3) is 6.08 Å². The van der Waals surface area contributed by atoms with Gasteiger partial charge < -0.3 is 4.74 Å². The van der Waals surface area contributed by atoms with Crippen molar-refractivity contribution in [1.29, 1.82) is 0 Å². The molecule has 8 heteroatoms. The summed E-state index contributed by atoms with van der Waals surface area (Å²) in [5.41, 5.74) is 0.935. The van der Waals surface area contributed by atoms with E-state index in [4.69, 9.17) is 12.2 Å². The smallest absolute Gasteiger partial charge is 0.387 e. The van der Waals surface area contributed by atoms with Crippen LogP contribution in [0.1, 0.15) is 5.56 Å². The second-order valence-electron chi connectivity index (χ2n) is 4.64. The van der Waals surface area contributed by atoms with Crippen molar-refractivity contribution in [3.05, 3.63) is 59.3 Å². The summed E-state index contributed by atoms with van der Waals surface area (Å²) in [6, 6.07) is 9.67. The lowest BCUT2D eigenvalue weighted by molar-refractivity contribution is -0.113. The van der Waals surface area contributed by atoms with Gasteiger partial charge in [-0.05, 0) is 24.3 Å². The van der Waals surface area contributed by atoms with Crippen LogP contribution in [-0.4, -0.2) is 21.8 Å². The molecule has 2 heterocycles. The fraction of sp³-hybridized carbons (Fsp3) is 0.0625. The molecule has 0 unspecified atom stereocenters. The fourth-order valence-electron chi connectivity index (χ4n) is 2.12. The quantitative estimate of drug-likeness (QED) is 0.604. The number of pyridine rings is 1. The molecule has 1 aliphatic heterocycles. The Bertz CT molecular complexity index is 813. The highest BCUT2D eigenvalue weighted by molar-refractivity contribution is 8.27. The third-order valence-electron chi connectivity index (χ3n) is 3.12. The van der Waals surface area contributed by atoms with Gasteiger partial charge in [-0.2, -0.15) is 8.78 Å². The first kappa shape index (κ1) is 16.5. The number of thiocarbonyl (C=S) groups is 1. The lowest BCUT2D eigenvalue weighted by Crippen LogP contribution is -2.27. The van der Waals surface area contributed by atoms with Gasteiger partial charge in [0, 0.05) is 11.8 Å². The van der Waals surface area contributed by atoms with Gasteiger partial charge in [-0.1, -0.05) is 42.2 Å². The van der Waals surface area contributed by atoms with Crippen LogP contribution in [0.2, 0.25) is 0 Å². The first-order valence-electron chi connectivity index (χ1n) is 6.78. The van der Waals surface area contributed by atoms with Gasteiger partial charge in [0.05, 0.1) is 16.8 Å². The molecule has 0 aliphatic carbocycles. The predicted octanol–water partition coefficient (Wildman–Crippen LogP) is 4.09. The molecule has 0 spiro atoms. The van der Waals surface area contributed by atoms with Crippen LogP contribution in [0, 0.1) is 0 Å². The number of aromatic nitrogens is 1. The number of benzene rings is 1. The van der Waals surface area contributed by atoms with Crippen molar-refractivity contribution in [2.24, 2.45) is 0 Å². The SMILES string of the molecule is O=C1C(=Cc2ccccc2OC(F)F)SC(=S)N1c1cccnc1. The minimum Gasteiger partial charge on any atom is -0.434 e. The second kappa shape index (κ2) is 7.06. The largest absolute Gasteiger partial charge is 0.434 e. The van der Waals surface area contributed by atoms with Crippen molar-refractivity contribution in [3.8, 4) is 5.75 Å². The lowest BCUT2D eigenvalue weighted by Gasteiger charge is -2.13. The maximum atomic E-state index is 12.6. The van der Waals surface area contributed by atoms with Gasteiger partial charge in [-0.25, -0.2) is 0 Å². The van der Waals surface area contributed by atoms with Crippen LogP contribution in [0.5, 0.6) is 5.75 Å². The summed E-state index contributed by atoms with van der Waals surface area (Å²) in [6.07, 6.45) is 4.61. The van der Waals surface area contributed by atoms with Gasteiger partial charge in [-0.3, -0.25) is 14.7 Å². The summed E-state index contributed by atoms with van der Waals surface area (Å²) in [5, 5.41) is 0. The molecule has 1 fully saturated rings. The third kappa shape index (κ3) is 3.44. The van der Waals surface area contributed by atoms with Crippen LogP contribution in [0.15, 0.2) is 53.7 Å². The van der Waals surface area contributed by atoms with Crippen molar-refractivity contribution in [3.63, 3.8) is 0 Å². The van der Waals surface area contributed by atoms with Crippen LogP contribution in [-0.2, 0) is 4.79 Å². The van der Waals surface area contributed by atoms with Crippen molar-refractivity contribution < 1.29 is 18.3 Å². The summed E-state index contributed by atoms with van der Waals surface area (Å²) in [6.45, 7) is -2.94. The average Bonchev–Trinajstić information content (AvgIpc) is 2.83. The summed E-state index contributed by atoms with van der Waals surface area (Å²) >= 11 is 6.34. The number of carbonyl (C=O) groups is 1. The molecule has 2 aromatic rings. The molecule has 24 heavy (non-hydrogen) atoms. The maximum absolute atomic E-state index is 12.6. The number of halogens is 2. The zero-order valence-corrected chi connectivity index (χ0v) is 13.7. The van der Waals surface area contributed by atoms with E-state index >= 15 is 0 Å². The minimum absolute atomic E-state index is 0.000791. The maximum Gasteiger partial charge on any atom is 0.387 e. The summed E-state index contributed by atoms with van der Waals surface area (Å²) in [5.74, 6) is -0.330. The van der Waals surface area contributed by atoms with Crippen molar-refractivity contribution >= 4 is 46.0 Å². The molecule has 122 valence electrons. The molecule has 1 aromatic heterocycles. The minimum atomic E-state index is -2.94. The number of anilines is 1. The van der Waals surface area contributed by atoms with Gasteiger partial charge in [0.25, 0.3) is 5.91 Å². The van der Waals surface area contributed by atoms with Gasteiger partial charge in [0.15, 0.2) is 4.32 Å². The number of ether oxygens (including phenoxy) is 1. The lowest BCUT2D eigenvalue weighted by atomic mass is 10.2. The molecule has 0 N–H and O–H groups in total. The van der Waals surface area contributed by atoms with E-state index in [0.717, 1.165) is 11.8 Å². The molecule has 1 aromatic carbocycles. The molecule has 3 rings (SSSR count). The molecule has 4 nitrogen and oxygen atoms in total. The molecular weight excluding hydrogens is 354 g/mol. The van der Waals surface area contributed by atoms with Crippen LogP contribution in [0.3, 0.4) is 0 Å². The highest BCUT2D eigenvalue weighted by Crippen LogP contribution is 2.36. The predicted molar refractivity (Wildman–Crippen MR) is 93.0 cm³/mol. The standard InChI is InChI=1S/C16H10F2N2O2S2/c17-15(18)22-12-6-2-1-4-10(12)8-13-14(21)20(16(23)24-13)11-5-3-7-19-9-11/h1-9,15H. The van der Waals surface area contributed by atoms with E-state index in [9.17, 15) is 13.6 Å². The van der Waals surface area contributed by atoms with Gasteiger partial charge in [0.1, 0.15) is 5.75 Å². The number of alkyl halides is 2. The molecule has 1 aliphatic rings. The van der Waals surface area contributed by atoms with E-state index in [1.54, 1.807) is 36.5 Å². The van der Waals surface area contributed by atoms with Gasteiger partial charge in [-0.15, -0.1) is 0 Å². The molecule has 1 saturated heterocycles. The zero-order valence-electron chi connectivity index (χ0n) is 12.1. The van der Waals surface area contributed by atoms with E-state index in [1.165, 1.54) is 23.2 Å². The highest BCUT2D eigenvalue weighted by atomic mass is 32.2. The number of rotatable bonds is 4. The van der Waals surface area contributed by atoms with Crippen molar-refractivity contribution in [1.82, 2.24) is 4.98 Å². The normalized spacial score (nSPS) is 16.3. The molecule has 0 radical (unpaired) electrons. The van der Waals surface area contributed by atoms with Gasteiger partial charge >= 0.3 is 6.61 Å². The van der Waals surface area contributed by atoms with Crippen LogP contribution in [0.4, 0.5) is 14.5 Å². The Morgan fingerprint density at radius 2 is 2.04 bits per heavy atom. The highest BCUT2D eigenvalue weighted by Gasteiger charge is 2.33. The molecule has 1 amide bonds. The van der Waals surface area contributed by atoms with E-state index < -0.39 is 6.61 Å². The number of thioether (sulfide) groups is 1. The summed E-state index contributed by atoms with van der Waals surface area (Å²) in [4.78, 5) is 18.2. The van der Waals surface area contributed by atoms with Gasteiger partial charge in [0.2, 0.25) is 0 Å². The van der Waals surface area contributed by atoms with Crippen LogP contribution >= 0.6 is 24.0 Å². The van der Waals surface area contributed by atoms with E-state index in [-0.39, 0.29) is 11.7 Å². The Morgan fingerprint density at radius 1 is 1.25 bits per heavy atom. The molecule has 0 saturated carbocycles. The van der Waals surface area contributed by atoms with Crippen molar-refractivity contribution in [2.45, 2.75) is 6.61 Å². The Morgan fingerprint density at radius 3 is 2.75 bits per heavy atom. The fourth-order valence-corrected chi connectivity index (χ4v) is 3.41. The number of amides is 1. The first-order chi connectivity index (χ1) is 11.6. The number of hydrogen-bond donors (Lipinski definition) is 0. The Hall–Kier alpha value is -2.32. The molecule has 0 bridgehead atoms. The van der Waals surface area contributed by atoms with Crippen molar-refractivity contribution in [2.75, 3.05) is 4.90 Å². The number of hydrogen-bond acceptors (Lipinski definition) is 5. The van der Waals surface area contributed by atoms with E-state index in [2.05, 4.69) is 9.72 Å². The Labute approximate surface area is 146 Å². The summed E-state index contributed by atoms with van der Waals surface area (Å²) in [7, 11) is 0. The first-order valence-corrected chi connectivity index (χ1v) is 8.00. The molecule has 0 atom stereocenters. The zero-order chi connectivity index (χ0) is 17.1. The number of para-hydroxylation sites is 1. The van der Waals surface area contributed by atoms with Crippen LogP contribution < -0.4 is 9.64 Å². The Kier molecular flexibility index (Phi) is 4.86. The van der Waals surface area contributed by atoms with E-state index in [0.29, 0.717) is 20.5 Å². The number of carbonyl (C=O) groups excluding carboxylic acids is 1. The van der Waals surface area contributed by atoms with E-state index in [1.807, 2.05) is 0 Å². The second-order valence-corrected chi connectivity index (χ2v) is 6.32. The monoisotopic (exact) mass is 364 g/mol. The molecular formula is C16H10F2N2O2S2. The Balaban J connectivity index is 1.93. The third-order valence-corrected chi connectivity index (χ3v) is 4.42.